The van der Waals surface area contributed by atoms with Gasteiger partial charge in [0.25, 0.3) is 0 Å². The van der Waals surface area contributed by atoms with Crippen LogP contribution >= 0.6 is 11.8 Å². The van der Waals surface area contributed by atoms with Gasteiger partial charge in [0.1, 0.15) is 0 Å². The van der Waals surface area contributed by atoms with E-state index in [2.05, 4.69) is 55.6 Å². The molecule has 0 radical (unpaired) electrons. The largest absolute Gasteiger partial charge is 0.355 e. The Hall–Kier alpha value is -1.74. The van der Waals surface area contributed by atoms with E-state index in [4.69, 9.17) is 0 Å². The molecule has 0 spiro atoms. The highest BCUT2D eigenvalue weighted by atomic mass is 32.2. The number of rotatable bonds is 7. The van der Waals surface area contributed by atoms with Gasteiger partial charge in [0, 0.05) is 12.3 Å². The molecule has 3 heteroatoms. The highest BCUT2D eigenvalue weighted by Crippen LogP contribution is 2.14. The summed E-state index contributed by atoms with van der Waals surface area (Å²) in [5.41, 5.74) is 3.79. The van der Waals surface area contributed by atoms with Crippen molar-refractivity contribution in [1.82, 2.24) is 5.32 Å². The minimum absolute atomic E-state index is 0.111. The van der Waals surface area contributed by atoms with Crippen molar-refractivity contribution in [3.8, 4) is 0 Å². The number of benzene rings is 2. The summed E-state index contributed by atoms with van der Waals surface area (Å²) in [6, 6.07) is 18.7. The topological polar surface area (TPSA) is 29.1 Å². The summed E-state index contributed by atoms with van der Waals surface area (Å²) in [5.74, 6) is 1.84. The number of hydrogen-bond donors (Lipinski definition) is 1. The molecule has 1 N–H and O–H groups in total. The van der Waals surface area contributed by atoms with E-state index in [0.717, 1.165) is 5.75 Å². The Morgan fingerprint density at radius 1 is 1.09 bits per heavy atom. The van der Waals surface area contributed by atoms with Crippen molar-refractivity contribution in [2.45, 2.75) is 25.5 Å². The first-order valence-electron chi connectivity index (χ1n) is 7.60. The van der Waals surface area contributed by atoms with Gasteiger partial charge in [0.2, 0.25) is 5.91 Å². The van der Waals surface area contributed by atoms with Crippen LogP contribution in [0.5, 0.6) is 0 Å². The lowest BCUT2D eigenvalue weighted by Crippen LogP contribution is -2.29. The normalized spacial score (nSPS) is 11.9. The number of carbonyl (C=O) groups is 1. The fourth-order valence-electron chi connectivity index (χ4n) is 2.16. The summed E-state index contributed by atoms with van der Waals surface area (Å²) in [6.07, 6.45) is 0. The molecule has 2 rings (SSSR count). The number of nitrogens with one attached hydrogen (secondary N) is 1. The molecule has 1 atom stereocenters. The van der Waals surface area contributed by atoms with Crippen molar-refractivity contribution in [3.63, 3.8) is 0 Å². The number of aryl methyl sites for hydroxylation is 1. The second kappa shape index (κ2) is 8.64. The average Bonchev–Trinajstić information content (AvgIpc) is 2.55. The molecule has 2 nitrogen and oxygen atoms in total. The Labute approximate surface area is 137 Å². The maximum absolute atomic E-state index is 11.9. The van der Waals surface area contributed by atoms with Crippen molar-refractivity contribution < 1.29 is 4.79 Å². The summed E-state index contributed by atoms with van der Waals surface area (Å²) in [7, 11) is 0. The third-order valence-corrected chi connectivity index (χ3v) is 4.60. The van der Waals surface area contributed by atoms with Gasteiger partial charge in [-0.25, -0.2) is 0 Å². The number of amides is 1. The maximum atomic E-state index is 11.9. The fraction of sp³-hybridized carbons (Fsp3) is 0.316. The fourth-order valence-corrected chi connectivity index (χ4v) is 2.98. The summed E-state index contributed by atoms with van der Waals surface area (Å²) in [5, 5.41) is 3.02. The van der Waals surface area contributed by atoms with E-state index in [1.165, 1.54) is 16.7 Å². The van der Waals surface area contributed by atoms with Gasteiger partial charge in [-0.15, -0.1) is 11.8 Å². The predicted molar refractivity (Wildman–Crippen MR) is 95.2 cm³/mol. The molecule has 1 amide bonds. The van der Waals surface area contributed by atoms with Gasteiger partial charge in [-0.05, 0) is 24.0 Å². The van der Waals surface area contributed by atoms with Gasteiger partial charge in [0.05, 0.1) is 5.75 Å². The van der Waals surface area contributed by atoms with Crippen LogP contribution in [0.2, 0.25) is 0 Å². The lowest BCUT2D eigenvalue weighted by molar-refractivity contribution is -0.118. The number of thioether (sulfide) groups is 1. The van der Waals surface area contributed by atoms with Crippen molar-refractivity contribution in [1.29, 1.82) is 0 Å². The minimum Gasteiger partial charge on any atom is -0.355 e. The van der Waals surface area contributed by atoms with E-state index in [1.54, 1.807) is 11.8 Å². The van der Waals surface area contributed by atoms with Gasteiger partial charge >= 0.3 is 0 Å². The van der Waals surface area contributed by atoms with Crippen molar-refractivity contribution in [2.24, 2.45) is 0 Å². The van der Waals surface area contributed by atoms with E-state index < -0.39 is 0 Å². The smallest absolute Gasteiger partial charge is 0.230 e. The van der Waals surface area contributed by atoms with E-state index in [0.29, 0.717) is 18.2 Å². The first kappa shape index (κ1) is 16.6. The van der Waals surface area contributed by atoms with Crippen molar-refractivity contribution in [3.05, 3.63) is 71.3 Å². The summed E-state index contributed by atoms with van der Waals surface area (Å²) in [4.78, 5) is 11.9. The molecular formula is C19H23NOS. The predicted octanol–water partition coefficient (Wildman–Crippen LogP) is 4.15. The molecule has 1 unspecified atom stereocenters. The molecule has 0 bridgehead atoms. The lowest BCUT2D eigenvalue weighted by atomic mass is 10.0. The molecule has 0 heterocycles. The van der Waals surface area contributed by atoms with E-state index in [-0.39, 0.29) is 5.91 Å². The highest BCUT2D eigenvalue weighted by Gasteiger charge is 2.07. The van der Waals surface area contributed by atoms with E-state index in [1.807, 2.05) is 18.2 Å². The second-order valence-electron chi connectivity index (χ2n) is 5.59. The Bertz CT molecular complexity index is 580. The van der Waals surface area contributed by atoms with E-state index >= 15 is 0 Å². The van der Waals surface area contributed by atoms with Crippen molar-refractivity contribution in [2.75, 3.05) is 12.3 Å². The Kier molecular flexibility index (Phi) is 6.53. The zero-order valence-corrected chi connectivity index (χ0v) is 14.0. The first-order valence-corrected chi connectivity index (χ1v) is 8.75. The van der Waals surface area contributed by atoms with Gasteiger partial charge in [-0.1, -0.05) is 67.1 Å². The van der Waals surface area contributed by atoms with Gasteiger partial charge in [-0.3, -0.25) is 4.79 Å². The molecule has 0 saturated carbocycles. The first-order chi connectivity index (χ1) is 10.6. The zero-order valence-electron chi connectivity index (χ0n) is 13.2. The summed E-state index contributed by atoms with van der Waals surface area (Å²) in [6.45, 7) is 4.90. The third-order valence-electron chi connectivity index (χ3n) is 3.60. The highest BCUT2D eigenvalue weighted by molar-refractivity contribution is 7.99. The maximum Gasteiger partial charge on any atom is 0.230 e. The molecule has 0 aliphatic rings. The molecule has 22 heavy (non-hydrogen) atoms. The van der Waals surface area contributed by atoms with Crippen molar-refractivity contribution >= 4 is 17.7 Å². The Balaban J connectivity index is 1.66. The second-order valence-corrected chi connectivity index (χ2v) is 6.58. The molecule has 116 valence electrons. The van der Waals surface area contributed by atoms with Gasteiger partial charge in [0.15, 0.2) is 0 Å². The minimum atomic E-state index is 0.111. The van der Waals surface area contributed by atoms with Crippen LogP contribution in [0.15, 0.2) is 54.6 Å². The zero-order chi connectivity index (χ0) is 15.8. The molecule has 0 aliphatic heterocycles. The van der Waals surface area contributed by atoms with Crippen LogP contribution in [-0.2, 0) is 10.5 Å². The van der Waals surface area contributed by atoms with Crippen LogP contribution in [0.25, 0.3) is 0 Å². The van der Waals surface area contributed by atoms with Crippen LogP contribution in [0.1, 0.15) is 29.5 Å². The molecule has 0 saturated heterocycles. The number of carbonyl (C=O) groups excluding carboxylic acids is 1. The molecule has 0 fully saturated rings. The average molecular weight is 313 g/mol. The molecule has 0 aromatic heterocycles. The molecular weight excluding hydrogens is 290 g/mol. The Morgan fingerprint density at radius 2 is 1.77 bits per heavy atom. The van der Waals surface area contributed by atoms with Crippen LogP contribution in [0.3, 0.4) is 0 Å². The summed E-state index contributed by atoms with van der Waals surface area (Å²) >= 11 is 1.66. The van der Waals surface area contributed by atoms with Gasteiger partial charge in [-0.2, -0.15) is 0 Å². The SMILES string of the molecule is Cc1ccc(CSCC(=O)NCC(C)c2ccccc2)cc1. The van der Waals surface area contributed by atoms with Crippen LogP contribution in [0, 0.1) is 6.92 Å². The van der Waals surface area contributed by atoms with E-state index in [9.17, 15) is 4.79 Å². The number of hydrogen-bond acceptors (Lipinski definition) is 2. The van der Waals surface area contributed by atoms with Crippen LogP contribution in [-0.4, -0.2) is 18.2 Å². The summed E-state index contributed by atoms with van der Waals surface area (Å²) < 4.78 is 0. The lowest BCUT2D eigenvalue weighted by Gasteiger charge is -2.13. The monoisotopic (exact) mass is 313 g/mol. The van der Waals surface area contributed by atoms with Crippen LogP contribution < -0.4 is 5.32 Å². The third kappa shape index (κ3) is 5.57. The molecule has 0 aliphatic carbocycles. The quantitative estimate of drug-likeness (QED) is 0.832. The standard InChI is InChI=1S/C19H23NOS/c1-15-8-10-17(11-9-15)13-22-14-19(21)20-12-16(2)18-6-4-3-5-7-18/h3-11,16H,12-14H2,1-2H3,(H,20,21). The van der Waals surface area contributed by atoms with Crippen LogP contribution in [0.4, 0.5) is 0 Å². The molecule has 2 aromatic rings. The molecule has 2 aromatic carbocycles. The Morgan fingerprint density at radius 3 is 2.45 bits per heavy atom. The van der Waals surface area contributed by atoms with Gasteiger partial charge < -0.3 is 5.32 Å².